The maximum atomic E-state index is 12.7. The molecule has 0 aromatic heterocycles. The molecule has 0 spiro atoms. The molecule has 1 saturated heterocycles. The zero-order valence-electron chi connectivity index (χ0n) is 34.1. The molecule has 13 heteroatoms. The number of carbonyl (C=O) groups excluding carboxylic acids is 1. The van der Waals surface area contributed by atoms with Crippen molar-refractivity contribution >= 4 is 16.4 Å². The first-order valence-corrected chi connectivity index (χ1v) is 23.2. The highest BCUT2D eigenvalue weighted by molar-refractivity contribution is 7.80. The fourth-order valence-electron chi connectivity index (χ4n) is 6.91. The third-order valence-electron chi connectivity index (χ3n) is 10.2. The van der Waals surface area contributed by atoms with Crippen LogP contribution in [0.3, 0.4) is 0 Å². The summed E-state index contributed by atoms with van der Waals surface area (Å²) in [5.41, 5.74) is 0. The lowest BCUT2D eigenvalue weighted by Gasteiger charge is -2.41. The number of ether oxygens (including phenoxy) is 4. The van der Waals surface area contributed by atoms with Crippen molar-refractivity contribution in [2.24, 2.45) is 0 Å². The molecule has 1 heterocycles. The molecule has 1 fully saturated rings. The monoisotopic (exact) mass is 797 g/mol. The number of esters is 1. The molecule has 0 bridgehead atoms. The summed E-state index contributed by atoms with van der Waals surface area (Å²) in [6.45, 7) is 3.98. The molecule has 6 atom stereocenters. The Morgan fingerprint density at radius 2 is 1.06 bits per heavy atom. The van der Waals surface area contributed by atoms with Gasteiger partial charge in [0.05, 0.1) is 19.8 Å². The molecule has 12 nitrogen and oxygen atoms in total. The average molecular weight is 797 g/mol. The number of aliphatic hydroxyl groups is 3. The number of rotatable bonds is 38. The Morgan fingerprint density at radius 1 is 0.630 bits per heavy atom. The van der Waals surface area contributed by atoms with Gasteiger partial charge in [-0.3, -0.25) is 9.35 Å². The Kier molecular flexibility index (Phi) is 32.3. The minimum absolute atomic E-state index is 0.0437. The minimum atomic E-state index is -5.05. The molecule has 322 valence electrons. The van der Waals surface area contributed by atoms with Crippen LogP contribution < -0.4 is 0 Å². The van der Waals surface area contributed by atoms with E-state index >= 15 is 0 Å². The van der Waals surface area contributed by atoms with Gasteiger partial charge in [0, 0.05) is 13.0 Å². The molecule has 54 heavy (non-hydrogen) atoms. The Balaban J connectivity index is 2.35. The van der Waals surface area contributed by atoms with Gasteiger partial charge >= 0.3 is 16.4 Å². The smallest absolute Gasteiger partial charge is 0.397 e. The van der Waals surface area contributed by atoms with Crippen LogP contribution in [-0.2, 0) is 38.3 Å². The normalized spacial score (nSPS) is 21.0. The molecule has 0 saturated carbocycles. The molecule has 1 aliphatic rings. The third kappa shape index (κ3) is 27.7. The second-order valence-electron chi connectivity index (χ2n) is 15.3. The van der Waals surface area contributed by atoms with Gasteiger partial charge in [-0.25, -0.2) is 4.18 Å². The van der Waals surface area contributed by atoms with Gasteiger partial charge in [-0.1, -0.05) is 174 Å². The van der Waals surface area contributed by atoms with Gasteiger partial charge in [0.15, 0.2) is 6.29 Å². The van der Waals surface area contributed by atoms with E-state index in [1.807, 2.05) is 0 Å². The van der Waals surface area contributed by atoms with Crippen molar-refractivity contribution in [3.8, 4) is 0 Å². The fraction of sp³-hybridized carbons (Fsp3) is 0.976. The van der Waals surface area contributed by atoms with Gasteiger partial charge in [-0.2, -0.15) is 8.42 Å². The van der Waals surface area contributed by atoms with Gasteiger partial charge in [-0.15, -0.1) is 0 Å². The maximum Gasteiger partial charge on any atom is 0.397 e. The predicted molar refractivity (Wildman–Crippen MR) is 211 cm³/mol. The van der Waals surface area contributed by atoms with Crippen molar-refractivity contribution < 1.29 is 56.2 Å². The molecule has 1 aliphatic heterocycles. The molecule has 0 aliphatic carbocycles. The molecule has 0 aromatic rings. The van der Waals surface area contributed by atoms with Crippen LogP contribution in [0.25, 0.3) is 0 Å². The fourth-order valence-corrected chi connectivity index (χ4v) is 7.42. The van der Waals surface area contributed by atoms with E-state index in [1.165, 1.54) is 128 Å². The van der Waals surface area contributed by atoms with Crippen LogP contribution in [0.5, 0.6) is 0 Å². The number of hydrogen-bond acceptors (Lipinski definition) is 11. The van der Waals surface area contributed by atoms with Gasteiger partial charge in [0.1, 0.15) is 30.5 Å². The van der Waals surface area contributed by atoms with Gasteiger partial charge in [0.2, 0.25) is 0 Å². The van der Waals surface area contributed by atoms with Crippen LogP contribution in [0.1, 0.15) is 194 Å². The maximum absolute atomic E-state index is 12.7. The van der Waals surface area contributed by atoms with Crippen LogP contribution in [0.4, 0.5) is 0 Å². The van der Waals surface area contributed by atoms with Crippen molar-refractivity contribution in [1.29, 1.82) is 0 Å². The number of unbranched alkanes of at least 4 members (excludes halogenated alkanes) is 25. The molecule has 1 rings (SSSR count). The molecular weight excluding hydrogens is 717 g/mol. The first kappa shape index (κ1) is 51.1. The largest absolute Gasteiger partial charge is 0.457 e. The number of carbonyl (C=O) groups is 1. The second kappa shape index (κ2) is 34.2. The summed E-state index contributed by atoms with van der Waals surface area (Å²) in [6, 6.07) is 0. The van der Waals surface area contributed by atoms with Crippen LogP contribution in [0, 0.1) is 0 Å². The molecule has 4 N–H and O–H groups in total. The Labute approximate surface area is 328 Å². The lowest BCUT2D eigenvalue weighted by molar-refractivity contribution is -0.301. The first-order valence-electron chi connectivity index (χ1n) is 21.8. The average Bonchev–Trinajstić information content (AvgIpc) is 3.14. The predicted octanol–water partition coefficient (Wildman–Crippen LogP) is 8.52. The van der Waals surface area contributed by atoms with E-state index in [-0.39, 0.29) is 19.6 Å². The minimum Gasteiger partial charge on any atom is -0.457 e. The van der Waals surface area contributed by atoms with Gasteiger partial charge in [-0.05, 0) is 12.8 Å². The zero-order chi connectivity index (χ0) is 39.7. The van der Waals surface area contributed by atoms with E-state index in [9.17, 15) is 28.5 Å². The van der Waals surface area contributed by atoms with E-state index in [0.717, 1.165) is 38.5 Å². The van der Waals surface area contributed by atoms with Gasteiger partial charge in [0.25, 0.3) is 0 Å². The third-order valence-corrected chi connectivity index (χ3v) is 10.7. The van der Waals surface area contributed by atoms with Crippen LogP contribution in [0.15, 0.2) is 0 Å². The first-order chi connectivity index (χ1) is 26.1. The van der Waals surface area contributed by atoms with Crippen LogP contribution in [-0.4, -0.2) is 97.5 Å². The zero-order valence-corrected chi connectivity index (χ0v) is 34.9. The highest BCUT2D eigenvalue weighted by Gasteiger charge is 2.48. The molecule has 0 amide bonds. The van der Waals surface area contributed by atoms with E-state index in [1.54, 1.807) is 0 Å². The Bertz CT molecular complexity index is 968. The Morgan fingerprint density at radius 3 is 1.48 bits per heavy atom. The number of aliphatic hydroxyl groups excluding tert-OH is 3. The van der Waals surface area contributed by atoms with E-state index in [0.29, 0.717) is 13.0 Å². The Hall–Kier alpha value is -0.900. The lowest BCUT2D eigenvalue weighted by atomic mass is 9.99. The van der Waals surface area contributed by atoms with Crippen molar-refractivity contribution in [3.05, 3.63) is 0 Å². The van der Waals surface area contributed by atoms with Crippen molar-refractivity contribution in [2.75, 3.05) is 26.4 Å². The van der Waals surface area contributed by atoms with E-state index in [2.05, 4.69) is 18.0 Å². The van der Waals surface area contributed by atoms with E-state index < -0.39 is 59.8 Å². The SMILES string of the molecule is CCCCCCCCCCCCCCCCCCCCCOCC(COC1OC(CO)C(O)C(OS(=O)(=O)O)C1O)OC(=O)CCCCCCCCCC. The van der Waals surface area contributed by atoms with Gasteiger partial charge < -0.3 is 34.3 Å². The summed E-state index contributed by atoms with van der Waals surface area (Å²) in [5, 5.41) is 30.5. The summed E-state index contributed by atoms with van der Waals surface area (Å²) in [6.07, 6.45) is 24.5. The summed E-state index contributed by atoms with van der Waals surface area (Å²) >= 11 is 0. The lowest BCUT2D eigenvalue weighted by Crippen LogP contribution is -2.60. The summed E-state index contributed by atoms with van der Waals surface area (Å²) in [4.78, 5) is 12.7. The second-order valence-corrected chi connectivity index (χ2v) is 16.4. The van der Waals surface area contributed by atoms with Crippen molar-refractivity contribution in [3.63, 3.8) is 0 Å². The van der Waals surface area contributed by atoms with Crippen molar-refractivity contribution in [2.45, 2.75) is 230 Å². The topological polar surface area (TPSA) is 178 Å². The summed E-state index contributed by atoms with van der Waals surface area (Å²) < 4.78 is 58.8. The summed E-state index contributed by atoms with van der Waals surface area (Å²) in [7, 11) is -5.05. The quantitative estimate of drug-likeness (QED) is 0.0266. The highest BCUT2D eigenvalue weighted by Crippen LogP contribution is 2.26. The number of hydrogen-bond donors (Lipinski definition) is 4. The molecule has 0 radical (unpaired) electrons. The standard InChI is InChI=1S/C41H80O12S/c1-3-5-7-9-11-13-14-15-16-17-18-19-20-21-22-23-25-27-29-31-49-33-35(51-37(43)30-28-26-24-12-10-8-6-4-2)34-50-41-39(45)40(53-54(46,47)48)38(44)36(32-42)52-41/h35-36,38-42,44-45H,3-34H2,1-2H3,(H,46,47,48). The van der Waals surface area contributed by atoms with E-state index in [4.69, 9.17) is 23.5 Å². The highest BCUT2D eigenvalue weighted by atomic mass is 32.3. The van der Waals surface area contributed by atoms with Crippen LogP contribution >= 0.6 is 0 Å². The molecule has 6 unspecified atom stereocenters. The molecular formula is C41H80O12S. The van der Waals surface area contributed by atoms with Crippen molar-refractivity contribution in [1.82, 2.24) is 0 Å². The summed E-state index contributed by atoms with van der Waals surface area (Å²) in [5.74, 6) is -0.400. The van der Waals surface area contributed by atoms with Crippen LogP contribution in [0.2, 0.25) is 0 Å². The molecule has 0 aromatic carbocycles.